The zero-order valence-electron chi connectivity index (χ0n) is 15.1. The molecule has 2 N–H and O–H groups in total. The number of aryl methyl sites for hydroxylation is 1. The van der Waals surface area contributed by atoms with Crippen LogP contribution in [0.25, 0.3) is 0 Å². The number of sulfonamides is 1. The zero-order valence-corrected chi connectivity index (χ0v) is 16.7. The molecule has 1 amide bonds. The molecule has 0 spiro atoms. The summed E-state index contributed by atoms with van der Waals surface area (Å²) in [5.74, 6) is 0.980. The van der Waals surface area contributed by atoms with Gasteiger partial charge in [0.25, 0.3) is 0 Å². The molecule has 3 rings (SSSR count). The first kappa shape index (κ1) is 19.8. The topological polar surface area (TPSA) is 108 Å². The fraction of sp³-hybridized carbons (Fsp3) is 0.471. The maximum atomic E-state index is 12.7. The molecule has 0 saturated carbocycles. The highest BCUT2D eigenvalue weighted by Crippen LogP contribution is 2.23. The summed E-state index contributed by atoms with van der Waals surface area (Å²) in [6, 6.07) is 8.36. The van der Waals surface area contributed by atoms with Crippen molar-refractivity contribution >= 4 is 27.7 Å². The van der Waals surface area contributed by atoms with Gasteiger partial charge in [-0.3, -0.25) is 9.89 Å². The van der Waals surface area contributed by atoms with E-state index in [9.17, 15) is 13.2 Å². The average molecular weight is 410 g/mol. The van der Waals surface area contributed by atoms with Crippen LogP contribution >= 0.6 is 11.8 Å². The summed E-state index contributed by atoms with van der Waals surface area (Å²) in [5, 5.41) is 10.3. The summed E-state index contributed by atoms with van der Waals surface area (Å²) in [4.78, 5) is 16.9. The SMILES string of the molecule is Cc1nc(SCCNC(=O)C2CCCN(S(=O)(=O)c3ccccc3)C2)n[nH]1. The van der Waals surface area contributed by atoms with E-state index in [2.05, 4.69) is 20.5 Å². The Morgan fingerprint density at radius 3 is 2.85 bits per heavy atom. The summed E-state index contributed by atoms with van der Waals surface area (Å²) in [7, 11) is -3.56. The number of hydrogen-bond acceptors (Lipinski definition) is 6. The minimum atomic E-state index is -3.56. The first-order valence-corrected chi connectivity index (χ1v) is 11.2. The Morgan fingerprint density at radius 1 is 1.37 bits per heavy atom. The summed E-state index contributed by atoms with van der Waals surface area (Å²) < 4.78 is 26.9. The van der Waals surface area contributed by atoms with Gasteiger partial charge < -0.3 is 5.32 Å². The molecule has 146 valence electrons. The summed E-state index contributed by atoms with van der Waals surface area (Å²) in [6.45, 7) is 2.98. The Kier molecular flexibility index (Phi) is 6.51. The van der Waals surface area contributed by atoms with E-state index in [0.717, 1.165) is 5.82 Å². The van der Waals surface area contributed by atoms with Crippen molar-refractivity contribution in [1.29, 1.82) is 0 Å². The number of hydrogen-bond donors (Lipinski definition) is 2. The molecule has 2 aromatic rings. The van der Waals surface area contributed by atoms with Crippen LogP contribution in [0, 0.1) is 12.8 Å². The molecule has 1 saturated heterocycles. The summed E-state index contributed by atoms with van der Waals surface area (Å²) in [6.07, 6.45) is 1.37. The number of rotatable bonds is 7. The number of piperidine rings is 1. The van der Waals surface area contributed by atoms with Gasteiger partial charge in [-0.2, -0.15) is 4.31 Å². The Morgan fingerprint density at radius 2 is 2.15 bits per heavy atom. The van der Waals surface area contributed by atoms with E-state index in [0.29, 0.717) is 36.8 Å². The molecule has 1 aliphatic heterocycles. The van der Waals surface area contributed by atoms with Crippen molar-refractivity contribution < 1.29 is 13.2 Å². The van der Waals surface area contributed by atoms with Crippen molar-refractivity contribution in [3.8, 4) is 0 Å². The van der Waals surface area contributed by atoms with Crippen LogP contribution < -0.4 is 5.32 Å². The highest BCUT2D eigenvalue weighted by Gasteiger charge is 2.33. The Hall–Kier alpha value is -1.91. The highest BCUT2D eigenvalue weighted by atomic mass is 32.2. The summed E-state index contributed by atoms with van der Waals surface area (Å²) >= 11 is 1.46. The van der Waals surface area contributed by atoms with Crippen LogP contribution in [0.15, 0.2) is 40.4 Å². The second-order valence-corrected chi connectivity index (χ2v) is 9.36. The van der Waals surface area contributed by atoms with E-state index in [1.807, 2.05) is 6.92 Å². The second-order valence-electron chi connectivity index (χ2n) is 6.36. The molecule has 1 unspecified atom stereocenters. The zero-order chi connectivity index (χ0) is 19.3. The van der Waals surface area contributed by atoms with Crippen LogP contribution in [0.2, 0.25) is 0 Å². The third-order valence-corrected chi connectivity index (χ3v) is 7.07. The van der Waals surface area contributed by atoms with Crippen molar-refractivity contribution in [2.75, 3.05) is 25.4 Å². The van der Waals surface area contributed by atoms with E-state index < -0.39 is 10.0 Å². The number of nitrogens with one attached hydrogen (secondary N) is 2. The lowest BCUT2D eigenvalue weighted by Gasteiger charge is -2.31. The van der Waals surface area contributed by atoms with Crippen LogP contribution in [0.3, 0.4) is 0 Å². The summed E-state index contributed by atoms with van der Waals surface area (Å²) in [5.41, 5.74) is 0. The highest BCUT2D eigenvalue weighted by molar-refractivity contribution is 7.99. The largest absolute Gasteiger partial charge is 0.355 e. The number of aromatic nitrogens is 3. The van der Waals surface area contributed by atoms with Gasteiger partial charge in [0.2, 0.25) is 21.1 Å². The Labute approximate surface area is 163 Å². The molecule has 1 fully saturated rings. The third-order valence-electron chi connectivity index (χ3n) is 4.35. The first-order valence-electron chi connectivity index (χ1n) is 8.81. The minimum absolute atomic E-state index is 0.102. The number of thioether (sulfide) groups is 1. The molecule has 27 heavy (non-hydrogen) atoms. The van der Waals surface area contributed by atoms with Crippen LogP contribution in [0.1, 0.15) is 18.7 Å². The van der Waals surface area contributed by atoms with Crippen LogP contribution in [-0.4, -0.2) is 59.2 Å². The number of carbonyl (C=O) groups is 1. The molecule has 0 aliphatic carbocycles. The number of carbonyl (C=O) groups excluding carboxylic acids is 1. The first-order chi connectivity index (χ1) is 13.0. The van der Waals surface area contributed by atoms with Crippen molar-refractivity contribution in [3.05, 3.63) is 36.2 Å². The number of amides is 1. The molecule has 1 atom stereocenters. The van der Waals surface area contributed by atoms with E-state index in [1.54, 1.807) is 30.3 Å². The van der Waals surface area contributed by atoms with Crippen molar-refractivity contribution in [2.24, 2.45) is 5.92 Å². The molecule has 2 heterocycles. The fourth-order valence-electron chi connectivity index (χ4n) is 2.96. The van der Waals surface area contributed by atoms with Gasteiger partial charge in [-0.25, -0.2) is 13.4 Å². The maximum Gasteiger partial charge on any atom is 0.243 e. The van der Waals surface area contributed by atoms with Gasteiger partial charge in [0.15, 0.2) is 0 Å². The standard InChI is InChI=1S/C17H23N5O3S2/c1-13-19-17(21-20-13)26-11-9-18-16(23)14-6-5-10-22(12-14)27(24,25)15-7-3-2-4-8-15/h2-4,7-8,14H,5-6,9-12H2,1H3,(H,18,23)(H,19,20,21). The van der Waals surface area contributed by atoms with Gasteiger partial charge >= 0.3 is 0 Å². The Balaban J connectivity index is 1.50. The van der Waals surface area contributed by atoms with Gasteiger partial charge in [0.1, 0.15) is 5.82 Å². The predicted octanol–water partition coefficient (Wildman–Crippen LogP) is 1.42. The molecular weight excluding hydrogens is 386 g/mol. The molecule has 8 nitrogen and oxygen atoms in total. The quantitative estimate of drug-likeness (QED) is 0.529. The van der Waals surface area contributed by atoms with Crippen LogP contribution in [-0.2, 0) is 14.8 Å². The smallest absolute Gasteiger partial charge is 0.243 e. The van der Waals surface area contributed by atoms with Gasteiger partial charge in [-0.1, -0.05) is 30.0 Å². The number of H-pyrrole nitrogens is 1. The monoisotopic (exact) mass is 409 g/mol. The molecule has 0 bridgehead atoms. The number of benzene rings is 1. The second kappa shape index (κ2) is 8.85. The van der Waals surface area contributed by atoms with Crippen LogP contribution in [0.5, 0.6) is 0 Å². The lowest BCUT2D eigenvalue weighted by molar-refractivity contribution is -0.125. The van der Waals surface area contributed by atoms with Gasteiger partial charge in [0, 0.05) is 25.4 Å². The van der Waals surface area contributed by atoms with Crippen LogP contribution in [0.4, 0.5) is 0 Å². The lowest BCUT2D eigenvalue weighted by Crippen LogP contribution is -2.45. The molecule has 10 heteroatoms. The van der Waals surface area contributed by atoms with E-state index >= 15 is 0 Å². The maximum absolute atomic E-state index is 12.7. The van der Waals surface area contributed by atoms with E-state index in [4.69, 9.17) is 0 Å². The van der Waals surface area contributed by atoms with E-state index in [-0.39, 0.29) is 23.3 Å². The van der Waals surface area contributed by atoms with Gasteiger partial charge in [-0.15, -0.1) is 5.10 Å². The predicted molar refractivity (Wildman–Crippen MR) is 103 cm³/mol. The normalized spacial score (nSPS) is 18.3. The molecular formula is C17H23N5O3S2. The molecule has 1 aromatic carbocycles. The number of aromatic amines is 1. The van der Waals surface area contributed by atoms with Crippen molar-refractivity contribution in [3.63, 3.8) is 0 Å². The number of nitrogens with zero attached hydrogens (tertiary/aromatic N) is 3. The average Bonchev–Trinajstić information content (AvgIpc) is 3.11. The molecule has 0 radical (unpaired) electrons. The van der Waals surface area contributed by atoms with Gasteiger partial charge in [-0.05, 0) is 31.9 Å². The molecule has 1 aliphatic rings. The van der Waals surface area contributed by atoms with Gasteiger partial charge in [0.05, 0.1) is 10.8 Å². The third kappa shape index (κ3) is 5.08. The minimum Gasteiger partial charge on any atom is -0.355 e. The van der Waals surface area contributed by atoms with Crippen molar-refractivity contribution in [2.45, 2.75) is 29.8 Å². The molecule has 1 aromatic heterocycles. The van der Waals surface area contributed by atoms with E-state index in [1.165, 1.54) is 16.1 Å². The van der Waals surface area contributed by atoms with Crippen molar-refractivity contribution in [1.82, 2.24) is 24.8 Å². The fourth-order valence-corrected chi connectivity index (χ4v) is 5.21. The Bertz CT molecular complexity index is 870. The lowest BCUT2D eigenvalue weighted by atomic mass is 9.99.